The van der Waals surface area contributed by atoms with E-state index in [-0.39, 0.29) is 25.4 Å². The van der Waals surface area contributed by atoms with Crippen LogP contribution in [-0.4, -0.2) is 37.0 Å². The van der Waals surface area contributed by atoms with Crippen LogP contribution in [0.4, 0.5) is 0 Å². The highest BCUT2D eigenvalue weighted by Gasteiger charge is 2.24. The Kier molecular flexibility index (Phi) is 5.55. The maximum absolute atomic E-state index is 12.6. The Morgan fingerprint density at radius 2 is 1.96 bits per heavy atom. The number of nitrogens with zero attached hydrogens (tertiary/aromatic N) is 4. The third-order valence-electron chi connectivity index (χ3n) is 4.14. The zero-order valence-electron chi connectivity index (χ0n) is 14.8. The predicted molar refractivity (Wildman–Crippen MR) is 90.3 cm³/mol. The van der Waals surface area contributed by atoms with Crippen LogP contribution in [0.1, 0.15) is 26.7 Å². The molecule has 1 unspecified atom stereocenters. The molecule has 0 aliphatic carbocycles. The molecule has 0 bridgehead atoms. The minimum atomic E-state index is -0.875. The molecule has 0 aliphatic rings. The highest BCUT2D eigenvalue weighted by molar-refractivity contribution is 5.97. The molecule has 0 aromatic carbocycles. The highest BCUT2D eigenvalue weighted by atomic mass is 16.5. The average molecular weight is 350 g/mol. The van der Waals surface area contributed by atoms with Crippen molar-refractivity contribution in [1.29, 1.82) is 0 Å². The van der Waals surface area contributed by atoms with Gasteiger partial charge in [-0.15, -0.1) is 0 Å². The van der Waals surface area contributed by atoms with Crippen LogP contribution in [-0.2, 0) is 35.0 Å². The van der Waals surface area contributed by atoms with Crippen molar-refractivity contribution in [3.05, 3.63) is 27.2 Å². The van der Waals surface area contributed by atoms with Gasteiger partial charge in [0.2, 0.25) is 0 Å². The predicted octanol–water partition coefficient (Wildman–Crippen LogP) is -0.0178. The number of hydrogen-bond donors (Lipinski definition) is 0. The first kappa shape index (κ1) is 18.6. The number of aromatic nitrogens is 4. The molecule has 0 N–H and O–H groups in total. The van der Waals surface area contributed by atoms with Gasteiger partial charge in [-0.25, -0.2) is 9.78 Å². The second-order valence-electron chi connectivity index (χ2n) is 5.88. The van der Waals surface area contributed by atoms with Crippen LogP contribution in [0, 0.1) is 5.92 Å². The second kappa shape index (κ2) is 7.45. The van der Waals surface area contributed by atoms with E-state index in [0.717, 1.165) is 4.57 Å². The van der Waals surface area contributed by atoms with Gasteiger partial charge in [-0.1, -0.05) is 0 Å². The van der Waals surface area contributed by atoms with Gasteiger partial charge >= 0.3 is 11.7 Å². The van der Waals surface area contributed by atoms with E-state index in [0.29, 0.717) is 17.6 Å². The molecule has 1 atom stereocenters. The smallest absolute Gasteiger partial charge is 0.332 e. The summed E-state index contributed by atoms with van der Waals surface area (Å²) in [6.45, 7) is 3.30. The molecule has 0 amide bonds. The van der Waals surface area contributed by atoms with Crippen LogP contribution in [0.2, 0.25) is 0 Å². The first-order valence-electron chi connectivity index (χ1n) is 8.07. The molecular weight excluding hydrogens is 328 g/mol. The van der Waals surface area contributed by atoms with Gasteiger partial charge in [-0.05, 0) is 26.7 Å². The fourth-order valence-corrected chi connectivity index (χ4v) is 2.78. The molecule has 2 aromatic heterocycles. The molecule has 9 nitrogen and oxygen atoms in total. The van der Waals surface area contributed by atoms with Gasteiger partial charge in [-0.3, -0.25) is 23.5 Å². The number of aryl methyl sites for hydroxylation is 2. The van der Waals surface area contributed by atoms with Crippen molar-refractivity contribution in [3.8, 4) is 0 Å². The van der Waals surface area contributed by atoms with Crippen molar-refractivity contribution in [1.82, 2.24) is 18.7 Å². The van der Waals surface area contributed by atoms with E-state index >= 15 is 0 Å². The molecule has 0 saturated carbocycles. The Morgan fingerprint density at radius 3 is 2.56 bits per heavy atom. The molecule has 2 heterocycles. The van der Waals surface area contributed by atoms with Crippen molar-refractivity contribution in [2.24, 2.45) is 20.0 Å². The van der Waals surface area contributed by atoms with E-state index in [1.165, 1.54) is 17.8 Å². The van der Waals surface area contributed by atoms with E-state index in [2.05, 4.69) is 4.98 Å². The third-order valence-corrected chi connectivity index (χ3v) is 4.14. The Hall–Kier alpha value is -2.71. The summed E-state index contributed by atoms with van der Waals surface area (Å²) in [4.78, 5) is 52.4. The van der Waals surface area contributed by atoms with E-state index in [9.17, 15) is 19.2 Å². The minimum absolute atomic E-state index is 0.107. The van der Waals surface area contributed by atoms with Gasteiger partial charge < -0.3 is 9.30 Å². The number of ketones is 1. The number of Topliss-reactive ketones (excluding diaryl/α,β-unsaturated/α-hetero) is 1. The lowest BCUT2D eigenvalue weighted by atomic mass is 9.99. The molecule has 0 aliphatic heterocycles. The standard InChI is InChI=1S/C16H22N4O5/c1-5-25-15(23)11(10(2)21)7-6-8-20-14(22)12-13(17-9-18(12)3)19(4)16(20)24/h9,11H,5-8H2,1-4H3. The Morgan fingerprint density at radius 1 is 1.28 bits per heavy atom. The van der Waals surface area contributed by atoms with E-state index in [1.807, 2.05) is 0 Å². The molecule has 25 heavy (non-hydrogen) atoms. The monoisotopic (exact) mass is 350 g/mol. The molecular formula is C16H22N4O5. The topological polar surface area (TPSA) is 105 Å². The van der Waals surface area contributed by atoms with Crippen LogP contribution >= 0.6 is 0 Å². The van der Waals surface area contributed by atoms with Crippen LogP contribution in [0.3, 0.4) is 0 Å². The van der Waals surface area contributed by atoms with Crippen LogP contribution in [0.5, 0.6) is 0 Å². The molecule has 136 valence electrons. The molecule has 0 spiro atoms. The largest absolute Gasteiger partial charge is 0.465 e. The number of carbonyl (C=O) groups excluding carboxylic acids is 2. The van der Waals surface area contributed by atoms with Crippen LogP contribution < -0.4 is 11.2 Å². The van der Waals surface area contributed by atoms with Crippen molar-refractivity contribution in [2.45, 2.75) is 33.2 Å². The SMILES string of the molecule is CCOC(=O)C(CCCn1c(=O)c2c(ncn2C)n(C)c1=O)C(C)=O. The third kappa shape index (κ3) is 3.54. The number of hydrogen-bond acceptors (Lipinski definition) is 6. The van der Waals surface area contributed by atoms with Crippen molar-refractivity contribution >= 4 is 22.9 Å². The van der Waals surface area contributed by atoms with Crippen LogP contribution in [0.25, 0.3) is 11.2 Å². The lowest BCUT2D eigenvalue weighted by Gasteiger charge is -2.13. The quantitative estimate of drug-likeness (QED) is 0.513. The highest BCUT2D eigenvalue weighted by Crippen LogP contribution is 2.11. The zero-order valence-corrected chi connectivity index (χ0v) is 14.8. The van der Waals surface area contributed by atoms with E-state index in [1.54, 1.807) is 25.6 Å². The van der Waals surface area contributed by atoms with Crippen LogP contribution in [0.15, 0.2) is 15.9 Å². The summed E-state index contributed by atoms with van der Waals surface area (Å²) in [5.41, 5.74) is -0.266. The number of ether oxygens (including phenoxy) is 1. The van der Waals surface area contributed by atoms with Gasteiger partial charge in [0.1, 0.15) is 11.7 Å². The van der Waals surface area contributed by atoms with Crippen molar-refractivity contribution in [3.63, 3.8) is 0 Å². The summed E-state index contributed by atoms with van der Waals surface area (Å²) in [6.07, 6.45) is 2.01. The molecule has 2 rings (SSSR count). The van der Waals surface area contributed by atoms with Gasteiger partial charge in [0.15, 0.2) is 11.2 Å². The molecule has 0 radical (unpaired) electrons. The maximum atomic E-state index is 12.6. The van der Waals surface area contributed by atoms with E-state index < -0.39 is 23.1 Å². The summed E-state index contributed by atoms with van der Waals surface area (Å²) in [6, 6.07) is 0. The first-order valence-corrected chi connectivity index (χ1v) is 8.07. The molecule has 9 heteroatoms. The maximum Gasteiger partial charge on any atom is 0.332 e. The van der Waals surface area contributed by atoms with Gasteiger partial charge in [0.25, 0.3) is 5.56 Å². The summed E-state index contributed by atoms with van der Waals surface area (Å²) >= 11 is 0. The number of carbonyl (C=O) groups is 2. The number of imidazole rings is 1. The fraction of sp³-hybridized carbons (Fsp3) is 0.562. The normalized spacial score (nSPS) is 12.3. The van der Waals surface area contributed by atoms with Gasteiger partial charge in [-0.2, -0.15) is 0 Å². The number of rotatable bonds is 7. The van der Waals surface area contributed by atoms with Gasteiger partial charge in [0, 0.05) is 20.6 Å². The fourth-order valence-electron chi connectivity index (χ4n) is 2.78. The summed E-state index contributed by atoms with van der Waals surface area (Å²) in [7, 11) is 3.22. The lowest BCUT2D eigenvalue weighted by molar-refractivity contribution is -0.151. The van der Waals surface area contributed by atoms with Gasteiger partial charge in [0.05, 0.1) is 12.9 Å². The molecule has 0 fully saturated rings. The summed E-state index contributed by atoms with van der Waals surface area (Å²) in [5.74, 6) is -1.74. The first-order chi connectivity index (χ1) is 11.8. The molecule has 2 aromatic rings. The van der Waals surface area contributed by atoms with E-state index in [4.69, 9.17) is 4.74 Å². The molecule has 0 saturated heterocycles. The number of esters is 1. The average Bonchev–Trinajstić information content (AvgIpc) is 2.94. The Balaban J connectivity index is 2.25. The van der Waals surface area contributed by atoms with Crippen molar-refractivity contribution < 1.29 is 14.3 Å². The second-order valence-corrected chi connectivity index (χ2v) is 5.88. The number of fused-ring (bicyclic) bond motifs is 1. The lowest BCUT2D eigenvalue weighted by Crippen LogP contribution is -2.39. The Labute approximate surface area is 143 Å². The Bertz CT molecular complexity index is 921. The minimum Gasteiger partial charge on any atom is -0.465 e. The zero-order chi connectivity index (χ0) is 18.7. The summed E-state index contributed by atoms with van der Waals surface area (Å²) < 4.78 is 8.87. The summed E-state index contributed by atoms with van der Waals surface area (Å²) in [5, 5.41) is 0. The van der Waals surface area contributed by atoms with Crippen molar-refractivity contribution in [2.75, 3.05) is 6.61 Å².